The van der Waals surface area contributed by atoms with Crippen LogP contribution in [0.5, 0.6) is 0 Å². The third-order valence-corrected chi connectivity index (χ3v) is 10.8. The summed E-state index contributed by atoms with van der Waals surface area (Å²) in [6.07, 6.45) is 6.56. The van der Waals surface area contributed by atoms with E-state index in [0.717, 1.165) is 46.5 Å². The molecule has 0 spiro atoms. The van der Waals surface area contributed by atoms with Crippen molar-refractivity contribution < 1.29 is 0 Å². The average Bonchev–Trinajstić information content (AvgIpc) is 3.68. The number of nitrogens with zero attached hydrogens (tertiary/aromatic N) is 3. The maximum absolute atomic E-state index is 5.49. The predicted molar refractivity (Wildman–Crippen MR) is 195 cm³/mol. The summed E-state index contributed by atoms with van der Waals surface area (Å²) < 4.78 is 4.89. The number of aromatic nitrogens is 3. The summed E-state index contributed by atoms with van der Waals surface area (Å²) in [6.45, 7) is 0. The molecule has 0 radical (unpaired) electrons. The van der Waals surface area contributed by atoms with Crippen molar-refractivity contribution >= 4 is 70.2 Å². The lowest BCUT2D eigenvalue weighted by atomic mass is 9.98. The van der Waals surface area contributed by atoms with Gasteiger partial charge in [0, 0.05) is 47.8 Å². The van der Waals surface area contributed by atoms with E-state index in [-0.39, 0.29) is 0 Å². The molecule has 6 aromatic carbocycles. The lowest BCUT2D eigenvalue weighted by Crippen LogP contribution is -2.08. The van der Waals surface area contributed by atoms with Gasteiger partial charge in [0.15, 0.2) is 0 Å². The zero-order valence-corrected chi connectivity index (χ0v) is 25.8. The molecular weight excluding hydrogens is 579 g/mol. The van der Waals surface area contributed by atoms with Crippen molar-refractivity contribution in [1.29, 1.82) is 0 Å². The highest BCUT2D eigenvalue weighted by atomic mass is 32.1. The first-order chi connectivity index (χ1) is 22.8. The highest BCUT2D eigenvalue weighted by Gasteiger charge is 2.24. The molecule has 0 N–H and O–H groups in total. The van der Waals surface area contributed by atoms with E-state index in [0.29, 0.717) is 0 Å². The number of benzene rings is 6. The number of fused-ring (bicyclic) bond motifs is 9. The van der Waals surface area contributed by atoms with Crippen LogP contribution in [0.3, 0.4) is 0 Å². The molecule has 1 aliphatic carbocycles. The summed E-state index contributed by atoms with van der Waals surface area (Å²) in [5.41, 5.74) is 9.30. The molecule has 10 rings (SSSR count). The minimum atomic E-state index is 0.730. The van der Waals surface area contributed by atoms with Gasteiger partial charge in [-0.05, 0) is 46.9 Å². The van der Waals surface area contributed by atoms with Crippen LogP contribution < -0.4 is 0 Å². The van der Waals surface area contributed by atoms with Crippen LogP contribution in [-0.2, 0) is 6.42 Å². The summed E-state index contributed by atoms with van der Waals surface area (Å²) in [5.74, 6) is 0.730. The summed E-state index contributed by atoms with van der Waals surface area (Å²) in [5, 5.41) is 7.41. The van der Waals surface area contributed by atoms with Crippen molar-refractivity contribution in [2.75, 3.05) is 0 Å². The molecule has 0 fully saturated rings. The molecule has 0 atom stereocenters. The van der Waals surface area contributed by atoms with Gasteiger partial charge in [0.25, 0.3) is 0 Å². The molecule has 0 bridgehead atoms. The van der Waals surface area contributed by atoms with Crippen LogP contribution >= 0.6 is 11.3 Å². The van der Waals surface area contributed by atoms with Gasteiger partial charge < -0.3 is 0 Å². The Labute approximate surface area is 269 Å². The van der Waals surface area contributed by atoms with E-state index < -0.39 is 0 Å². The molecule has 216 valence electrons. The Hall–Kier alpha value is -5.58. The Morgan fingerprint density at radius 3 is 2.17 bits per heavy atom. The first kappa shape index (κ1) is 25.7. The van der Waals surface area contributed by atoms with Gasteiger partial charge in [0.2, 0.25) is 5.95 Å². The fourth-order valence-corrected chi connectivity index (χ4v) is 8.79. The Balaban J connectivity index is 1.28. The van der Waals surface area contributed by atoms with Gasteiger partial charge in [0.1, 0.15) is 0 Å². The molecule has 0 amide bonds. The second-order valence-electron chi connectivity index (χ2n) is 12.0. The Morgan fingerprint density at radius 2 is 1.30 bits per heavy atom. The lowest BCUT2D eigenvalue weighted by Gasteiger charge is -2.15. The number of para-hydroxylation sites is 1. The van der Waals surface area contributed by atoms with Crippen molar-refractivity contribution in [1.82, 2.24) is 14.5 Å². The smallest absolute Gasteiger partial charge is 0.235 e. The molecule has 4 heteroatoms. The van der Waals surface area contributed by atoms with Crippen LogP contribution in [0.4, 0.5) is 0 Å². The van der Waals surface area contributed by atoms with Crippen molar-refractivity contribution in [2.45, 2.75) is 12.8 Å². The van der Waals surface area contributed by atoms with E-state index >= 15 is 0 Å². The molecule has 0 saturated heterocycles. The maximum atomic E-state index is 5.49. The van der Waals surface area contributed by atoms with Crippen LogP contribution in [0.1, 0.15) is 17.7 Å². The number of thiophene rings is 1. The minimum absolute atomic E-state index is 0.730. The van der Waals surface area contributed by atoms with Crippen LogP contribution in [-0.4, -0.2) is 14.5 Å². The van der Waals surface area contributed by atoms with E-state index in [1.54, 1.807) is 0 Å². The van der Waals surface area contributed by atoms with Gasteiger partial charge in [-0.15, -0.1) is 11.3 Å². The van der Waals surface area contributed by atoms with E-state index in [1.807, 2.05) is 11.3 Å². The molecule has 3 heterocycles. The molecule has 9 aromatic rings. The standard InChI is InChI=1S/C42H27N3S/c1-2-12-26(13-3-1)29-18-10-19-30-31-20-11-21-34(41(31)46-40(29)30)39-32-16-6-8-22-35(32)43-42(44-39)45-36-23-9-7-17-33(36)38-28-15-5-4-14-27(28)24-25-37(38)45/h1-8,10-22,24-25H,9,23H2. The summed E-state index contributed by atoms with van der Waals surface area (Å²) in [7, 11) is 0. The first-order valence-corrected chi connectivity index (χ1v) is 16.6. The second kappa shape index (κ2) is 9.96. The van der Waals surface area contributed by atoms with E-state index in [9.17, 15) is 0 Å². The molecule has 0 unspecified atom stereocenters. The van der Waals surface area contributed by atoms with Crippen molar-refractivity contribution in [3.63, 3.8) is 0 Å². The topological polar surface area (TPSA) is 30.7 Å². The largest absolute Gasteiger partial charge is 0.282 e. The zero-order valence-electron chi connectivity index (χ0n) is 24.9. The molecular formula is C42H27N3S. The van der Waals surface area contributed by atoms with Crippen molar-refractivity contribution in [2.24, 2.45) is 0 Å². The van der Waals surface area contributed by atoms with Crippen LogP contribution in [0.2, 0.25) is 0 Å². The molecule has 0 aliphatic heterocycles. The Morgan fingerprint density at radius 1 is 0.587 bits per heavy atom. The summed E-state index contributed by atoms with van der Waals surface area (Å²) in [4.78, 5) is 10.7. The highest BCUT2D eigenvalue weighted by Crippen LogP contribution is 2.45. The van der Waals surface area contributed by atoms with Crippen LogP contribution in [0.15, 0.2) is 133 Å². The molecule has 3 aromatic heterocycles. The Bertz CT molecular complexity index is 2700. The predicted octanol–water partition coefficient (Wildman–Crippen LogP) is 11.4. The number of allylic oxidation sites excluding steroid dienone is 1. The molecule has 3 nitrogen and oxygen atoms in total. The normalized spacial score (nSPS) is 13.0. The minimum Gasteiger partial charge on any atom is -0.282 e. The van der Waals surface area contributed by atoms with Gasteiger partial charge in [-0.2, -0.15) is 0 Å². The lowest BCUT2D eigenvalue weighted by molar-refractivity contribution is 0.852. The summed E-state index contributed by atoms with van der Waals surface area (Å²) >= 11 is 1.87. The maximum Gasteiger partial charge on any atom is 0.235 e. The van der Waals surface area contributed by atoms with Gasteiger partial charge >= 0.3 is 0 Å². The van der Waals surface area contributed by atoms with Crippen LogP contribution in [0, 0.1) is 0 Å². The van der Waals surface area contributed by atoms with Crippen molar-refractivity contribution in [3.8, 4) is 28.3 Å². The molecule has 1 aliphatic rings. The number of rotatable bonds is 3. The monoisotopic (exact) mass is 605 g/mol. The molecule has 0 saturated carbocycles. The van der Waals surface area contributed by atoms with Crippen molar-refractivity contribution in [3.05, 3.63) is 145 Å². The SMILES string of the molecule is C1=Cc2c(n(-c3nc(-c4cccc5c4sc4c(-c6ccccc6)cccc45)c4ccccc4n3)c3ccc4ccccc4c23)CC1. The van der Waals surface area contributed by atoms with E-state index in [2.05, 4.69) is 144 Å². The van der Waals surface area contributed by atoms with Crippen LogP contribution in [0.25, 0.3) is 87.2 Å². The quantitative estimate of drug-likeness (QED) is 0.201. The fraction of sp³-hybridized carbons (Fsp3) is 0.0476. The third-order valence-electron chi connectivity index (χ3n) is 9.49. The highest BCUT2D eigenvalue weighted by molar-refractivity contribution is 7.26. The summed E-state index contributed by atoms with van der Waals surface area (Å²) in [6, 6.07) is 45.7. The third kappa shape index (κ3) is 3.71. The zero-order chi connectivity index (χ0) is 30.2. The average molecular weight is 606 g/mol. The van der Waals surface area contributed by atoms with Gasteiger partial charge in [0.05, 0.1) is 16.7 Å². The number of hydrogen-bond donors (Lipinski definition) is 0. The van der Waals surface area contributed by atoms with Gasteiger partial charge in [-0.25, -0.2) is 9.97 Å². The second-order valence-corrected chi connectivity index (χ2v) is 13.1. The molecule has 46 heavy (non-hydrogen) atoms. The fourth-order valence-electron chi connectivity index (χ4n) is 7.44. The van der Waals surface area contributed by atoms with Gasteiger partial charge in [-0.3, -0.25) is 4.57 Å². The van der Waals surface area contributed by atoms with E-state index in [1.165, 1.54) is 58.7 Å². The van der Waals surface area contributed by atoms with Gasteiger partial charge in [-0.1, -0.05) is 127 Å². The van der Waals surface area contributed by atoms with E-state index in [4.69, 9.17) is 9.97 Å². The number of hydrogen-bond acceptors (Lipinski definition) is 3. The Kier molecular flexibility index (Phi) is 5.57. The first-order valence-electron chi connectivity index (χ1n) is 15.8.